The van der Waals surface area contributed by atoms with Gasteiger partial charge in [0.25, 0.3) is 0 Å². The van der Waals surface area contributed by atoms with Gasteiger partial charge in [-0.2, -0.15) is 0 Å². The van der Waals surface area contributed by atoms with Crippen LogP contribution in [-0.4, -0.2) is 10.1 Å². The van der Waals surface area contributed by atoms with Crippen LogP contribution in [-0.2, 0) is 5.75 Å². The van der Waals surface area contributed by atoms with Crippen LogP contribution in [0.25, 0.3) is 10.8 Å². The first-order chi connectivity index (χ1) is 10.3. The minimum absolute atomic E-state index is 0.306. The summed E-state index contributed by atoms with van der Waals surface area (Å²) in [5.41, 5.74) is 3.66. The smallest absolute Gasteiger partial charge is 0.143 e. The summed E-state index contributed by atoms with van der Waals surface area (Å²) in [5.74, 6) is 7.22. The van der Waals surface area contributed by atoms with Gasteiger partial charge >= 0.3 is 0 Å². The third-order valence-electron chi connectivity index (χ3n) is 3.27. The van der Waals surface area contributed by atoms with Crippen LogP contribution >= 0.6 is 11.8 Å². The Kier molecular flexibility index (Phi) is 3.94. The normalized spacial score (nSPS) is 10.7. The van der Waals surface area contributed by atoms with E-state index < -0.39 is 0 Å². The number of phenolic OH excluding ortho intramolecular Hbond substituents is 1. The number of hydrazine groups is 1. The van der Waals surface area contributed by atoms with Gasteiger partial charge in [0.05, 0.1) is 0 Å². The van der Waals surface area contributed by atoms with Gasteiger partial charge < -0.3 is 10.5 Å². The fourth-order valence-electron chi connectivity index (χ4n) is 2.22. The molecule has 21 heavy (non-hydrogen) atoms. The zero-order valence-corrected chi connectivity index (χ0v) is 12.1. The third-order valence-corrected chi connectivity index (χ3v) is 4.39. The Morgan fingerprint density at radius 2 is 1.86 bits per heavy atom. The van der Waals surface area contributed by atoms with Crippen molar-refractivity contribution in [2.24, 2.45) is 5.84 Å². The number of nitrogens with two attached hydrogens (primary N) is 1. The Labute approximate surface area is 127 Å². The third kappa shape index (κ3) is 2.79. The molecule has 1 aromatic heterocycles. The minimum Gasteiger partial charge on any atom is -0.507 e. The Morgan fingerprint density at radius 3 is 2.67 bits per heavy atom. The zero-order chi connectivity index (χ0) is 14.7. The predicted molar refractivity (Wildman–Crippen MR) is 87.2 cm³/mol. The molecule has 3 aromatic rings. The first-order valence-electron chi connectivity index (χ1n) is 6.53. The van der Waals surface area contributed by atoms with E-state index in [0.29, 0.717) is 11.6 Å². The molecule has 106 valence electrons. The molecule has 0 unspecified atom stereocenters. The lowest BCUT2D eigenvalue weighted by Gasteiger charge is -2.10. The SMILES string of the molecule is NNc1ncccc1CSc1ccc(O)c2ccccc12. The lowest BCUT2D eigenvalue weighted by atomic mass is 10.1. The number of aromatic nitrogens is 1. The van der Waals surface area contributed by atoms with Crippen molar-refractivity contribution in [2.45, 2.75) is 10.6 Å². The van der Waals surface area contributed by atoms with Crippen LogP contribution in [0.4, 0.5) is 5.82 Å². The lowest BCUT2D eigenvalue weighted by Crippen LogP contribution is -2.10. The number of aromatic hydroxyl groups is 1. The number of hydrogen-bond acceptors (Lipinski definition) is 5. The molecule has 0 spiro atoms. The second-order valence-corrected chi connectivity index (χ2v) is 5.59. The standard InChI is InChI=1S/C16H15N3OS/c17-19-16-11(4-3-9-18-16)10-21-15-8-7-14(20)12-5-1-2-6-13(12)15/h1-9,20H,10,17H2,(H,18,19). The summed E-state index contributed by atoms with van der Waals surface area (Å²) in [6.45, 7) is 0. The van der Waals surface area contributed by atoms with Crippen LogP contribution in [0.3, 0.4) is 0 Å². The summed E-state index contributed by atoms with van der Waals surface area (Å²) in [6, 6.07) is 15.4. The van der Waals surface area contributed by atoms with E-state index in [0.717, 1.165) is 27.0 Å². The van der Waals surface area contributed by atoms with Gasteiger partial charge in [-0.05, 0) is 23.6 Å². The molecule has 3 rings (SSSR count). The number of benzene rings is 2. The van der Waals surface area contributed by atoms with Gasteiger partial charge in [0.15, 0.2) is 0 Å². The van der Waals surface area contributed by atoms with E-state index in [4.69, 9.17) is 5.84 Å². The second kappa shape index (κ2) is 6.03. The number of phenols is 1. The second-order valence-electron chi connectivity index (χ2n) is 4.57. The fraction of sp³-hybridized carbons (Fsp3) is 0.0625. The van der Waals surface area contributed by atoms with Gasteiger partial charge in [0.1, 0.15) is 11.6 Å². The molecule has 0 radical (unpaired) electrons. The Morgan fingerprint density at radius 1 is 1.05 bits per heavy atom. The molecule has 4 N–H and O–H groups in total. The van der Waals surface area contributed by atoms with Crippen molar-refractivity contribution >= 4 is 28.4 Å². The van der Waals surface area contributed by atoms with E-state index in [1.807, 2.05) is 42.5 Å². The van der Waals surface area contributed by atoms with Crippen molar-refractivity contribution in [3.63, 3.8) is 0 Å². The summed E-state index contributed by atoms with van der Waals surface area (Å²) >= 11 is 1.69. The number of anilines is 1. The van der Waals surface area contributed by atoms with Gasteiger partial charge in [-0.3, -0.25) is 0 Å². The monoisotopic (exact) mass is 297 g/mol. The molecule has 5 heteroatoms. The van der Waals surface area contributed by atoms with Crippen LogP contribution in [0.2, 0.25) is 0 Å². The fourth-order valence-corrected chi connectivity index (χ4v) is 3.26. The van der Waals surface area contributed by atoms with Crippen LogP contribution in [0, 0.1) is 0 Å². The molecule has 0 saturated heterocycles. The Balaban J connectivity index is 1.91. The van der Waals surface area contributed by atoms with E-state index in [1.165, 1.54) is 0 Å². The average molecular weight is 297 g/mol. The molecule has 0 aliphatic rings. The maximum atomic E-state index is 9.92. The van der Waals surface area contributed by atoms with Crippen LogP contribution in [0.5, 0.6) is 5.75 Å². The number of nitrogen functional groups attached to an aromatic ring is 1. The van der Waals surface area contributed by atoms with Gasteiger partial charge in [0, 0.05) is 27.8 Å². The van der Waals surface area contributed by atoms with E-state index in [2.05, 4.69) is 10.4 Å². The number of hydrogen-bond donors (Lipinski definition) is 3. The molecule has 0 amide bonds. The minimum atomic E-state index is 0.306. The van der Waals surface area contributed by atoms with Crippen LogP contribution in [0.15, 0.2) is 59.6 Å². The summed E-state index contributed by atoms with van der Waals surface area (Å²) in [5, 5.41) is 11.8. The molecule has 0 aliphatic carbocycles. The maximum Gasteiger partial charge on any atom is 0.143 e. The first kappa shape index (κ1) is 13.7. The molecule has 1 heterocycles. The number of nitrogens with one attached hydrogen (secondary N) is 1. The topological polar surface area (TPSA) is 71.2 Å². The quantitative estimate of drug-likeness (QED) is 0.390. The molecular weight excluding hydrogens is 282 g/mol. The summed E-state index contributed by atoms with van der Waals surface area (Å²) in [7, 11) is 0. The number of pyridine rings is 1. The van der Waals surface area contributed by atoms with Crippen molar-refractivity contribution in [3.8, 4) is 5.75 Å². The Bertz CT molecular complexity index is 776. The van der Waals surface area contributed by atoms with E-state index in [9.17, 15) is 5.11 Å². The van der Waals surface area contributed by atoms with Gasteiger partial charge in [-0.1, -0.05) is 30.3 Å². The number of nitrogens with zero attached hydrogens (tertiary/aromatic N) is 1. The van der Waals surface area contributed by atoms with Crippen molar-refractivity contribution < 1.29 is 5.11 Å². The van der Waals surface area contributed by atoms with Crippen LogP contribution < -0.4 is 11.3 Å². The average Bonchev–Trinajstić information content (AvgIpc) is 2.55. The highest BCUT2D eigenvalue weighted by Gasteiger charge is 2.07. The van der Waals surface area contributed by atoms with E-state index in [-0.39, 0.29) is 0 Å². The maximum absolute atomic E-state index is 9.92. The lowest BCUT2D eigenvalue weighted by molar-refractivity contribution is 0.481. The van der Waals surface area contributed by atoms with Crippen molar-refractivity contribution in [1.82, 2.24) is 4.98 Å². The number of thioether (sulfide) groups is 1. The molecule has 0 atom stereocenters. The first-order valence-corrected chi connectivity index (χ1v) is 7.52. The van der Waals surface area contributed by atoms with Crippen molar-refractivity contribution in [2.75, 3.05) is 5.43 Å². The molecule has 0 aliphatic heterocycles. The Hall–Kier alpha value is -2.24. The summed E-state index contributed by atoms with van der Waals surface area (Å²) in [6.07, 6.45) is 1.71. The molecule has 0 saturated carbocycles. The van der Waals surface area contributed by atoms with Crippen LogP contribution in [0.1, 0.15) is 5.56 Å². The van der Waals surface area contributed by atoms with E-state index in [1.54, 1.807) is 24.0 Å². The highest BCUT2D eigenvalue weighted by atomic mass is 32.2. The largest absolute Gasteiger partial charge is 0.507 e. The van der Waals surface area contributed by atoms with Gasteiger partial charge in [-0.25, -0.2) is 10.8 Å². The molecule has 0 fully saturated rings. The summed E-state index contributed by atoms with van der Waals surface area (Å²) in [4.78, 5) is 5.32. The molecule has 2 aromatic carbocycles. The molecule has 4 nitrogen and oxygen atoms in total. The van der Waals surface area contributed by atoms with Gasteiger partial charge in [0.2, 0.25) is 0 Å². The summed E-state index contributed by atoms with van der Waals surface area (Å²) < 4.78 is 0. The number of rotatable bonds is 4. The highest BCUT2D eigenvalue weighted by Crippen LogP contribution is 2.35. The predicted octanol–water partition coefficient (Wildman–Crippen LogP) is 3.52. The van der Waals surface area contributed by atoms with Gasteiger partial charge in [-0.15, -0.1) is 11.8 Å². The van der Waals surface area contributed by atoms with Crippen molar-refractivity contribution in [1.29, 1.82) is 0 Å². The van der Waals surface area contributed by atoms with Crippen molar-refractivity contribution in [3.05, 3.63) is 60.3 Å². The van der Waals surface area contributed by atoms with E-state index >= 15 is 0 Å². The zero-order valence-electron chi connectivity index (χ0n) is 11.3. The molecule has 0 bridgehead atoms. The number of fused-ring (bicyclic) bond motifs is 1. The molecular formula is C16H15N3OS. The highest BCUT2D eigenvalue weighted by molar-refractivity contribution is 7.98.